The lowest BCUT2D eigenvalue weighted by atomic mass is 9.98. The Morgan fingerprint density at radius 2 is 1.67 bits per heavy atom. The van der Waals surface area contributed by atoms with Crippen LogP contribution in [0.1, 0.15) is 83.6 Å². The molecule has 0 atom stereocenters. The fraction of sp³-hybridized carbons (Fsp3) is 0.559. The third kappa shape index (κ3) is 8.20. The minimum atomic E-state index is -3.76. The molecule has 8 heteroatoms. The Balaban J connectivity index is 1.61. The van der Waals surface area contributed by atoms with E-state index in [1.165, 1.54) is 51.6 Å². The number of sulfone groups is 1. The molecule has 2 aliphatic rings. The molecule has 4 rings (SSSR count). The quantitative estimate of drug-likeness (QED) is 0.122. The van der Waals surface area contributed by atoms with Gasteiger partial charge in [0.1, 0.15) is 5.75 Å². The fourth-order valence-corrected chi connectivity index (χ4v) is 7.99. The number of piperidine rings is 2. The number of unbranched alkanes of at least 4 members (excludes halogenated alkanes) is 4. The van der Waals surface area contributed by atoms with E-state index in [2.05, 4.69) is 34.5 Å². The average Bonchev–Trinajstić information content (AvgIpc) is 3.03. The van der Waals surface area contributed by atoms with Crippen molar-refractivity contribution < 1.29 is 13.2 Å². The lowest BCUT2D eigenvalue weighted by Crippen LogP contribution is -2.46. The largest absolute Gasteiger partial charge is 0.494 e. The first-order valence-corrected chi connectivity index (χ1v) is 18.4. The number of allylic oxidation sites excluding steroid dienone is 1. The van der Waals surface area contributed by atoms with E-state index in [0.29, 0.717) is 29.0 Å². The predicted molar refractivity (Wildman–Crippen MR) is 178 cm³/mol. The first-order chi connectivity index (χ1) is 20.4. The Morgan fingerprint density at radius 1 is 0.976 bits per heavy atom. The van der Waals surface area contributed by atoms with E-state index >= 15 is 0 Å². The molecule has 0 aromatic heterocycles. The lowest BCUT2D eigenvalue weighted by molar-refractivity contribution is 0.112. The standard InChI is InChI=1S/C34H49N3O3S2/c1-5-6-7-8-12-25-40-29-13-16-31(17-14-29)42(38,39)27(2)34(32-26-30(41-4)15-18-33(32)35-3)37-23-19-28(20-24-37)36-21-10-9-11-22-36/h13-18,26,28H,3,5-12,19-25H2,1-2,4H3/b34-27-. The Labute approximate surface area is 258 Å². The van der Waals surface area contributed by atoms with Gasteiger partial charge in [-0.3, -0.25) is 4.99 Å². The molecule has 2 aliphatic heterocycles. The summed E-state index contributed by atoms with van der Waals surface area (Å²) >= 11 is 1.64. The maximum absolute atomic E-state index is 14.1. The molecule has 0 N–H and O–H groups in total. The Bertz CT molecular complexity index is 1290. The number of nitrogens with zero attached hydrogens (tertiary/aromatic N) is 3. The number of aliphatic imine (C=N–C) groups is 1. The summed E-state index contributed by atoms with van der Waals surface area (Å²) in [4.78, 5) is 10.9. The van der Waals surface area contributed by atoms with Crippen LogP contribution >= 0.6 is 11.8 Å². The smallest absolute Gasteiger partial charge is 0.204 e. The monoisotopic (exact) mass is 611 g/mol. The van der Waals surface area contributed by atoms with Gasteiger partial charge < -0.3 is 14.5 Å². The zero-order valence-electron chi connectivity index (χ0n) is 25.8. The van der Waals surface area contributed by atoms with Gasteiger partial charge in [0.05, 0.1) is 27.8 Å². The van der Waals surface area contributed by atoms with Crippen molar-refractivity contribution >= 4 is 39.7 Å². The topological polar surface area (TPSA) is 62.2 Å². The molecule has 42 heavy (non-hydrogen) atoms. The van der Waals surface area contributed by atoms with Crippen LogP contribution in [0.3, 0.4) is 0 Å². The molecule has 0 amide bonds. The molecule has 0 bridgehead atoms. The average molecular weight is 612 g/mol. The van der Waals surface area contributed by atoms with E-state index in [9.17, 15) is 8.42 Å². The third-order valence-electron chi connectivity index (χ3n) is 8.70. The zero-order valence-corrected chi connectivity index (χ0v) is 27.4. The Kier molecular flexibility index (Phi) is 12.4. The number of likely N-dealkylation sites (tertiary alicyclic amines) is 2. The molecule has 2 fully saturated rings. The van der Waals surface area contributed by atoms with Gasteiger partial charge in [0.2, 0.25) is 9.84 Å². The summed E-state index contributed by atoms with van der Waals surface area (Å²) in [6, 6.07) is 13.5. The van der Waals surface area contributed by atoms with Crippen LogP contribution in [-0.2, 0) is 9.84 Å². The summed E-state index contributed by atoms with van der Waals surface area (Å²) in [5, 5.41) is 0. The van der Waals surface area contributed by atoms with Crippen molar-refractivity contribution in [2.75, 3.05) is 39.0 Å². The van der Waals surface area contributed by atoms with E-state index in [0.717, 1.165) is 54.9 Å². The van der Waals surface area contributed by atoms with Gasteiger partial charge in [-0.05, 0) is 108 Å². The minimum absolute atomic E-state index is 0.283. The number of hydrogen-bond donors (Lipinski definition) is 0. The SMILES string of the molecule is C=Nc1ccc(SC)cc1/C(=C(\C)S(=O)(=O)c1ccc(OCCCCCCC)cc1)N1CCC(N2CCCCC2)CC1. The van der Waals surface area contributed by atoms with E-state index in [-0.39, 0.29) is 4.90 Å². The summed E-state index contributed by atoms with van der Waals surface area (Å²) in [6.07, 6.45) is 13.8. The highest BCUT2D eigenvalue weighted by Gasteiger charge is 2.31. The van der Waals surface area contributed by atoms with Crippen molar-refractivity contribution in [3.63, 3.8) is 0 Å². The van der Waals surface area contributed by atoms with Gasteiger partial charge >= 0.3 is 0 Å². The van der Waals surface area contributed by atoms with Crippen molar-refractivity contribution in [2.24, 2.45) is 4.99 Å². The van der Waals surface area contributed by atoms with Crippen LogP contribution in [0.15, 0.2) is 62.2 Å². The van der Waals surface area contributed by atoms with Crippen LogP contribution < -0.4 is 4.74 Å². The number of hydrogen-bond acceptors (Lipinski definition) is 7. The van der Waals surface area contributed by atoms with Crippen molar-refractivity contribution in [1.29, 1.82) is 0 Å². The number of thioether (sulfide) groups is 1. The number of benzene rings is 2. The molecular formula is C34H49N3O3S2. The number of ether oxygens (including phenoxy) is 1. The Morgan fingerprint density at radius 3 is 2.31 bits per heavy atom. The molecule has 2 heterocycles. The molecule has 0 saturated carbocycles. The zero-order chi connectivity index (χ0) is 30.0. The summed E-state index contributed by atoms with van der Waals surface area (Å²) in [5.74, 6) is 0.705. The molecule has 0 aliphatic carbocycles. The van der Waals surface area contributed by atoms with Crippen LogP contribution in [0.4, 0.5) is 5.69 Å². The first kappa shape index (κ1) is 32.6. The normalized spacial score (nSPS) is 17.6. The van der Waals surface area contributed by atoms with E-state index < -0.39 is 9.84 Å². The molecule has 0 unspecified atom stereocenters. The second-order valence-electron chi connectivity index (χ2n) is 11.5. The second-order valence-corrected chi connectivity index (χ2v) is 14.5. The molecule has 0 spiro atoms. The van der Waals surface area contributed by atoms with Crippen molar-refractivity contribution in [1.82, 2.24) is 9.80 Å². The van der Waals surface area contributed by atoms with E-state index in [1.54, 1.807) is 43.0 Å². The molecule has 230 valence electrons. The molecular weight excluding hydrogens is 563 g/mol. The maximum Gasteiger partial charge on any atom is 0.204 e. The van der Waals surface area contributed by atoms with Gasteiger partial charge in [-0.25, -0.2) is 8.42 Å². The van der Waals surface area contributed by atoms with Gasteiger partial charge in [-0.2, -0.15) is 0 Å². The fourth-order valence-electron chi connectivity index (χ4n) is 6.21. The van der Waals surface area contributed by atoms with Gasteiger partial charge in [0, 0.05) is 29.6 Å². The lowest BCUT2D eigenvalue weighted by Gasteiger charge is -2.42. The third-order valence-corrected chi connectivity index (χ3v) is 11.3. The second kappa shape index (κ2) is 16.0. The Hall–Kier alpha value is -2.29. The molecule has 2 aromatic rings. The summed E-state index contributed by atoms with van der Waals surface area (Å²) in [7, 11) is -3.76. The van der Waals surface area contributed by atoms with Crippen molar-refractivity contribution in [2.45, 2.75) is 93.9 Å². The molecule has 2 aromatic carbocycles. The van der Waals surface area contributed by atoms with E-state index in [4.69, 9.17) is 4.74 Å². The van der Waals surface area contributed by atoms with Crippen molar-refractivity contribution in [3.05, 3.63) is 52.9 Å². The highest BCUT2D eigenvalue weighted by molar-refractivity contribution is 7.98. The van der Waals surface area contributed by atoms with Crippen molar-refractivity contribution in [3.8, 4) is 5.75 Å². The van der Waals surface area contributed by atoms with Crippen LogP contribution in [0, 0.1) is 0 Å². The minimum Gasteiger partial charge on any atom is -0.494 e. The van der Waals surface area contributed by atoms with Crippen LogP contribution in [0.25, 0.3) is 5.70 Å². The molecule has 6 nitrogen and oxygen atoms in total. The van der Waals surface area contributed by atoms with Crippen LogP contribution in [0.2, 0.25) is 0 Å². The maximum atomic E-state index is 14.1. The van der Waals surface area contributed by atoms with Gasteiger partial charge in [-0.1, -0.05) is 39.0 Å². The van der Waals surface area contributed by atoms with Crippen LogP contribution in [0.5, 0.6) is 5.75 Å². The highest BCUT2D eigenvalue weighted by atomic mass is 32.2. The van der Waals surface area contributed by atoms with Crippen LogP contribution in [-0.4, -0.2) is 70.0 Å². The summed E-state index contributed by atoms with van der Waals surface area (Å²) in [5.41, 5.74) is 2.29. The summed E-state index contributed by atoms with van der Waals surface area (Å²) < 4.78 is 34.2. The first-order valence-electron chi connectivity index (χ1n) is 15.7. The van der Waals surface area contributed by atoms with Gasteiger partial charge in [-0.15, -0.1) is 11.8 Å². The predicted octanol–water partition coefficient (Wildman–Crippen LogP) is 8.20. The van der Waals surface area contributed by atoms with Gasteiger partial charge in [0.25, 0.3) is 0 Å². The van der Waals surface area contributed by atoms with E-state index in [1.807, 2.05) is 18.4 Å². The van der Waals surface area contributed by atoms with Gasteiger partial charge in [0.15, 0.2) is 0 Å². The summed E-state index contributed by atoms with van der Waals surface area (Å²) in [6.45, 7) is 12.4. The highest BCUT2D eigenvalue weighted by Crippen LogP contribution is 2.39. The number of rotatable bonds is 14. The molecule has 0 radical (unpaired) electrons. The molecule has 2 saturated heterocycles.